The molecule has 1 aromatic carbocycles. The molecule has 2 rings (SSSR count). The van der Waals surface area contributed by atoms with Crippen molar-refractivity contribution in [3.05, 3.63) is 34.4 Å². The molecule has 1 aromatic rings. The monoisotopic (exact) mass is 188 g/mol. The van der Waals surface area contributed by atoms with Crippen LogP contribution in [0.25, 0.3) is 0 Å². The molecule has 1 nitrogen and oxygen atoms in total. The second-order valence-electron chi connectivity index (χ2n) is 4.40. The zero-order chi connectivity index (χ0) is 10.3. The standard InChI is InChI=1S/C13H16O/c1-8(2)10-5-4-9(3)13-11(10)6-7-12(13)14/h4-5,8H,6-7H2,1-3H3. The van der Waals surface area contributed by atoms with E-state index in [4.69, 9.17) is 0 Å². The van der Waals surface area contributed by atoms with Gasteiger partial charge in [0.05, 0.1) is 0 Å². The van der Waals surface area contributed by atoms with E-state index in [0.717, 1.165) is 17.5 Å². The summed E-state index contributed by atoms with van der Waals surface area (Å²) in [4.78, 5) is 11.7. The Morgan fingerprint density at radius 2 is 1.93 bits per heavy atom. The number of carbonyl (C=O) groups excluding carboxylic acids is 1. The second-order valence-corrected chi connectivity index (χ2v) is 4.40. The Morgan fingerprint density at radius 3 is 2.57 bits per heavy atom. The molecule has 1 aliphatic carbocycles. The number of aryl methyl sites for hydroxylation is 1. The van der Waals surface area contributed by atoms with Gasteiger partial charge >= 0.3 is 0 Å². The predicted molar refractivity (Wildman–Crippen MR) is 57.9 cm³/mol. The lowest BCUT2D eigenvalue weighted by molar-refractivity contribution is 0.0994. The first kappa shape index (κ1) is 9.45. The van der Waals surface area contributed by atoms with Crippen molar-refractivity contribution in [3.8, 4) is 0 Å². The van der Waals surface area contributed by atoms with Gasteiger partial charge in [-0.3, -0.25) is 4.79 Å². The highest BCUT2D eigenvalue weighted by atomic mass is 16.1. The molecular weight excluding hydrogens is 172 g/mol. The maximum absolute atomic E-state index is 11.7. The van der Waals surface area contributed by atoms with Crippen LogP contribution in [0.15, 0.2) is 12.1 Å². The van der Waals surface area contributed by atoms with Gasteiger partial charge in [0.15, 0.2) is 5.78 Å². The van der Waals surface area contributed by atoms with Gasteiger partial charge in [0.2, 0.25) is 0 Å². The van der Waals surface area contributed by atoms with Gasteiger partial charge in [-0.2, -0.15) is 0 Å². The molecule has 0 aromatic heterocycles. The van der Waals surface area contributed by atoms with Crippen molar-refractivity contribution in [2.24, 2.45) is 0 Å². The van der Waals surface area contributed by atoms with Gasteiger partial charge in [0, 0.05) is 12.0 Å². The van der Waals surface area contributed by atoms with Crippen LogP contribution in [0.2, 0.25) is 0 Å². The maximum Gasteiger partial charge on any atom is 0.163 e. The fourth-order valence-corrected chi connectivity index (χ4v) is 2.34. The Balaban J connectivity index is 2.64. The van der Waals surface area contributed by atoms with E-state index >= 15 is 0 Å². The van der Waals surface area contributed by atoms with Crippen molar-refractivity contribution in [1.82, 2.24) is 0 Å². The number of benzene rings is 1. The summed E-state index contributed by atoms with van der Waals surface area (Å²) in [5, 5.41) is 0. The summed E-state index contributed by atoms with van der Waals surface area (Å²) in [6.07, 6.45) is 1.66. The summed E-state index contributed by atoms with van der Waals surface area (Å²) in [7, 11) is 0. The summed E-state index contributed by atoms with van der Waals surface area (Å²) in [6.45, 7) is 6.41. The summed E-state index contributed by atoms with van der Waals surface area (Å²) in [6, 6.07) is 4.26. The normalized spacial score (nSPS) is 15.0. The van der Waals surface area contributed by atoms with Crippen LogP contribution in [-0.4, -0.2) is 5.78 Å². The molecule has 74 valence electrons. The van der Waals surface area contributed by atoms with E-state index < -0.39 is 0 Å². The predicted octanol–water partition coefficient (Wildman–Crippen LogP) is 3.25. The van der Waals surface area contributed by atoms with Gasteiger partial charge in [-0.05, 0) is 36.0 Å². The summed E-state index contributed by atoms with van der Waals surface area (Å²) >= 11 is 0. The second kappa shape index (κ2) is 3.23. The lowest BCUT2D eigenvalue weighted by Gasteiger charge is -2.12. The number of hydrogen-bond donors (Lipinski definition) is 0. The lowest BCUT2D eigenvalue weighted by atomic mass is 9.92. The zero-order valence-electron chi connectivity index (χ0n) is 9.05. The van der Waals surface area contributed by atoms with Gasteiger partial charge in [-0.15, -0.1) is 0 Å². The third kappa shape index (κ3) is 1.28. The first-order chi connectivity index (χ1) is 6.61. The largest absolute Gasteiger partial charge is 0.294 e. The highest BCUT2D eigenvalue weighted by Crippen LogP contribution is 2.31. The van der Waals surface area contributed by atoms with Crippen LogP contribution in [0.4, 0.5) is 0 Å². The van der Waals surface area contributed by atoms with E-state index in [9.17, 15) is 4.79 Å². The van der Waals surface area contributed by atoms with Crippen LogP contribution in [0, 0.1) is 6.92 Å². The molecule has 0 unspecified atom stereocenters. The van der Waals surface area contributed by atoms with Crippen molar-refractivity contribution >= 4 is 5.78 Å². The molecule has 0 radical (unpaired) electrons. The average molecular weight is 188 g/mol. The molecule has 0 fully saturated rings. The molecule has 0 bridgehead atoms. The number of fused-ring (bicyclic) bond motifs is 1. The molecule has 0 heterocycles. The third-order valence-corrected chi connectivity index (χ3v) is 3.06. The fraction of sp³-hybridized carbons (Fsp3) is 0.462. The van der Waals surface area contributed by atoms with E-state index in [2.05, 4.69) is 26.0 Å². The average Bonchev–Trinajstić information content (AvgIpc) is 2.49. The molecule has 1 heteroatoms. The Labute approximate surface area is 85.1 Å². The number of carbonyl (C=O) groups is 1. The van der Waals surface area contributed by atoms with Gasteiger partial charge in [-0.25, -0.2) is 0 Å². The van der Waals surface area contributed by atoms with Crippen LogP contribution in [0.1, 0.15) is 53.2 Å². The zero-order valence-corrected chi connectivity index (χ0v) is 9.05. The summed E-state index contributed by atoms with van der Waals surface area (Å²) < 4.78 is 0. The Kier molecular flexibility index (Phi) is 2.18. The number of Topliss-reactive ketones (excluding diaryl/α,β-unsaturated/α-hetero) is 1. The van der Waals surface area contributed by atoms with Crippen molar-refractivity contribution in [2.75, 3.05) is 0 Å². The van der Waals surface area contributed by atoms with Crippen molar-refractivity contribution in [3.63, 3.8) is 0 Å². The van der Waals surface area contributed by atoms with Gasteiger partial charge in [-0.1, -0.05) is 26.0 Å². The Bertz CT molecular complexity index is 388. The molecule has 0 saturated carbocycles. The molecular formula is C13H16O. The summed E-state index contributed by atoms with van der Waals surface area (Å²) in [5.41, 5.74) is 4.82. The first-order valence-electron chi connectivity index (χ1n) is 5.27. The van der Waals surface area contributed by atoms with Crippen LogP contribution in [-0.2, 0) is 6.42 Å². The van der Waals surface area contributed by atoms with Crippen molar-refractivity contribution in [2.45, 2.75) is 39.5 Å². The van der Waals surface area contributed by atoms with Crippen molar-refractivity contribution < 1.29 is 4.79 Å². The molecule has 0 saturated heterocycles. The SMILES string of the molecule is Cc1ccc(C(C)C)c2c1C(=O)CC2. The quantitative estimate of drug-likeness (QED) is 0.661. The molecule has 0 amide bonds. The van der Waals surface area contributed by atoms with Crippen LogP contribution >= 0.6 is 0 Å². The van der Waals surface area contributed by atoms with E-state index in [0.29, 0.717) is 18.1 Å². The highest BCUT2D eigenvalue weighted by Gasteiger charge is 2.24. The lowest BCUT2D eigenvalue weighted by Crippen LogP contribution is -2.00. The minimum absolute atomic E-state index is 0.333. The van der Waals surface area contributed by atoms with Gasteiger partial charge < -0.3 is 0 Å². The van der Waals surface area contributed by atoms with Crippen LogP contribution < -0.4 is 0 Å². The molecule has 0 spiro atoms. The fourth-order valence-electron chi connectivity index (χ4n) is 2.34. The highest BCUT2D eigenvalue weighted by molar-refractivity contribution is 6.02. The number of hydrogen-bond acceptors (Lipinski definition) is 1. The topological polar surface area (TPSA) is 17.1 Å². The van der Waals surface area contributed by atoms with Gasteiger partial charge in [0.1, 0.15) is 0 Å². The minimum Gasteiger partial charge on any atom is -0.294 e. The molecule has 0 N–H and O–H groups in total. The van der Waals surface area contributed by atoms with E-state index in [-0.39, 0.29) is 0 Å². The van der Waals surface area contributed by atoms with Crippen LogP contribution in [0.3, 0.4) is 0 Å². The summed E-state index contributed by atoms with van der Waals surface area (Å²) in [5.74, 6) is 0.857. The Morgan fingerprint density at radius 1 is 1.21 bits per heavy atom. The molecule has 14 heavy (non-hydrogen) atoms. The van der Waals surface area contributed by atoms with Gasteiger partial charge in [0.25, 0.3) is 0 Å². The maximum atomic E-state index is 11.7. The molecule has 0 aliphatic heterocycles. The minimum atomic E-state index is 0.333. The first-order valence-corrected chi connectivity index (χ1v) is 5.27. The molecule has 0 atom stereocenters. The van der Waals surface area contributed by atoms with E-state index in [1.165, 1.54) is 11.1 Å². The van der Waals surface area contributed by atoms with Crippen molar-refractivity contribution in [1.29, 1.82) is 0 Å². The molecule has 1 aliphatic rings. The van der Waals surface area contributed by atoms with Crippen LogP contribution in [0.5, 0.6) is 0 Å². The Hall–Kier alpha value is -1.11. The number of ketones is 1. The van der Waals surface area contributed by atoms with E-state index in [1.54, 1.807) is 0 Å². The third-order valence-electron chi connectivity index (χ3n) is 3.06. The number of rotatable bonds is 1. The van der Waals surface area contributed by atoms with E-state index in [1.807, 2.05) is 6.92 Å². The smallest absolute Gasteiger partial charge is 0.163 e.